The van der Waals surface area contributed by atoms with Crippen molar-refractivity contribution < 1.29 is 13.2 Å². The molecular formula is C57H33F3N4. The molecule has 11 rings (SSSR count). The molecule has 0 bridgehead atoms. The Hall–Kier alpha value is -8.65. The predicted octanol–water partition coefficient (Wildman–Crippen LogP) is 15.3. The Morgan fingerprint density at radius 2 is 0.922 bits per heavy atom. The van der Waals surface area contributed by atoms with Gasteiger partial charge in [-0.3, -0.25) is 0 Å². The number of benzene rings is 9. The molecule has 2 heterocycles. The number of nitriles is 2. The van der Waals surface area contributed by atoms with E-state index in [0.29, 0.717) is 27.9 Å². The van der Waals surface area contributed by atoms with Gasteiger partial charge in [0, 0.05) is 38.4 Å². The second-order valence-corrected chi connectivity index (χ2v) is 15.8. The third-order valence-electron chi connectivity index (χ3n) is 12.2. The number of alkyl halides is 3. The van der Waals surface area contributed by atoms with Crippen LogP contribution in [-0.2, 0) is 6.18 Å². The minimum atomic E-state index is -4.74. The Kier molecular flexibility index (Phi) is 9.01. The largest absolute Gasteiger partial charge is 0.417 e. The lowest BCUT2D eigenvalue weighted by atomic mass is 9.91. The highest BCUT2D eigenvalue weighted by Crippen LogP contribution is 2.44. The molecule has 0 amide bonds. The predicted molar refractivity (Wildman–Crippen MR) is 251 cm³/mol. The zero-order chi connectivity index (χ0) is 43.5. The van der Waals surface area contributed by atoms with Crippen LogP contribution in [0.4, 0.5) is 13.2 Å². The van der Waals surface area contributed by atoms with E-state index in [9.17, 15) is 23.7 Å². The summed E-state index contributed by atoms with van der Waals surface area (Å²) in [4.78, 5) is 0. The van der Waals surface area contributed by atoms with Gasteiger partial charge in [-0.1, -0.05) is 121 Å². The van der Waals surface area contributed by atoms with Crippen LogP contribution in [-0.4, -0.2) is 9.13 Å². The third kappa shape index (κ3) is 6.30. The summed E-state index contributed by atoms with van der Waals surface area (Å²) in [5.74, 6) is 0. The maximum Gasteiger partial charge on any atom is 0.417 e. The molecule has 0 aliphatic rings. The van der Waals surface area contributed by atoms with Gasteiger partial charge in [0.25, 0.3) is 0 Å². The fourth-order valence-corrected chi connectivity index (χ4v) is 9.31. The molecule has 7 heteroatoms. The van der Waals surface area contributed by atoms with Crippen molar-refractivity contribution in [1.29, 1.82) is 10.5 Å². The summed E-state index contributed by atoms with van der Waals surface area (Å²) in [6.07, 6.45) is -4.74. The number of para-hydroxylation sites is 2. The minimum Gasteiger partial charge on any atom is -0.309 e. The first-order chi connectivity index (χ1) is 31.3. The number of fused-ring (bicyclic) bond motifs is 6. The Labute approximate surface area is 366 Å². The molecular weight excluding hydrogens is 798 g/mol. The number of nitrogens with zero attached hydrogens (tertiary/aromatic N) is 4. The highest BCUT2D eigenvalue weighted by molar-refractivity contribution is 6.12. The third-order valence-corrected chi connectivity index (χ3v) is 12.2. The summed E-state index contributed by atoms with van der Waals surface area (Å²) < 4.78 is 48.8. The number of hydrogen-bond acceptors (Lipinski definition) is 2. The van der Waals surface area contributed by atoms with Gasteiger partial charge in [-0.15, -0.1) is 0 Å². The smallest absolute Gasteiger partial charge is 0.309 e. The van der Waals surface area contributed by atoms with Crippen molar-refractivity contribution in [1.82, 2.24) is 9.13 Å². The summed E-state index contributed by atoms with van der Waals surface area (Å²) in [5, 5.41) is 24.6. The lowest BCUT2D eigenvalue weighted by Crippen LogP contribution is -2.08. The van der Waals surface area contributed by atoms with Crippen LogP contribution in [0.1, 0.15) is 16.7 Å². The normalized spacial score (nSPS) is 11.6. The molecule has 0 atom stereocenters. The average molecular weight is 831 g/mol. The van der Waals surface area contributed by atoms with Crippen molar-refractivity contribution in [2.24, 2.45) is 0 Å². The lowest BCUT2D eigenvalue weighted by molar-refractivity contribution is -0.137. The maximum absolute atomic E-state index is 14.8. The topological polar surface area (TPSA) is 57.4 Å². The van der Waals surface area contributed by atoms with Crippen LogP contribution in [0.2, 0.25) is 0 Å². The fraction of sp³-hybridized carbons (Fsp3) is 0.0175. The molecule has 0 aliphatic heterocycles. The van der Waals surface area contributed by atoms with Gasteiger partial charge in [0.15, 0.2) is 0 Å². The number of aromatic nitrogens is 2. The molecule has 0 unspecified atom stereocenters. The summed E-state index contributed by atoms with van der Waals surface area (Å²) in [6, 6.07) is 68.4. The molecule has 0 fully saturated rings. The van der Waals surface area contributed by atoms with Crippen molar-refractivity contribution in [3.8, 4) is 68.0 Å². The van der Waals surface area contributed by atoms with Crippen LogP contribution in [0.15, 0.2) is 200 Å². The van der Waals surface area contributed by atoms with E-state index in [2.05, 4.69) is 94.1 Å². The van der Waals surface area contributed by atoms with E-state index in [0.717, 1.165) is 77.6 Å². The molecule has 0 radical (unpaired) electrons. The van der Waals surface area contributed by atoms with E-state index in [1.165, 1.54) is 12.1 Å². The Balaban J connectivity index is 1.19. The van der Waals surface area contributed by atoms with Crippen LogP contribution in [0.5, 0.6) is 0 Å². The van der Waals surface area contributed by atoms with Gasteiger partial charge >= 0.3 is 6.18 Å². The van der Waals surface area contributed by atoms with Crippen LogP contribution >= 0.6 is 0 Å². The molecule has 302 valence electrons. The molecule has 64 heavy (non-hydrogen) atoms. The Bertz CT molecular complexity index is 3730. The second kappa shape index (κ2) is 15.1. The molecule has 4 nitrogen and oxygen atoms in total. The van der Waals surface area contributed by atoms with Crippen molar-refractivity contribution in [2.75, 3.05) is 0 Å². The molecule has 9 aromatic carbocycles. The second-order valence-electron chi connectivity index (χ2n) is 15.8. The SMILES string of the molecule is N#Cc1ccc(-c2ccc(-n3c4ccccc4c4cc(-c5ccccc5)ccc43)c(-c3cc(-n4c5ccccc5c5cc(-c6ccccc6)ccc54)ccc3C#N)c2)c(C(F)(F)F)c1. The molecule has 0 spiro atoms. The Morgan fingerprint density at radius 1 is 0.375 bits per heavy atom. The monoisotopic (exact) mass is 830 g/mol. The van der Waals surface area contributed by atoms with Crippen molar-refractivity contribution in [3.05, 3.63) is 217 Å². The summed E-state index contributed by atoms with van der Waals surface area (Å²) >= 11 is 0. The van der Waals surface area contributed by atoms with Crippen molar-refractivity contribution in [3.63, 3.8) is 0 Å². The number of hydrogen-bond donors (Lipinski definition) is 0. The molecule has 2 aromatic heterocycles. The van der Waals surface area contributed by atoms with E-state index < -0.39 is 11.7 Å². The van der Waals surface area contributed by atoms with Crippen LogP contribution in [0, 0.1) is 22.7 Å². The summed E-state index contributed by atoms with van der Waals surface area (Å²) in [7, 11) is 0. The highest BCUT2D eigenvalue weighted by Gasteiger charge is 2.34. The molecule has 11 aromatic rings. The molecule has 0 N–H and O–H groups in total. The van der Waals surface area contributed by atoms with E-state index in [4.69, 9.17) is 0 Å². The first-order valence-corrected chi connectivity index (χ1v) is 20.8. The average Bonchev–Trinajstić information content (AvgIpc) is 3.86. The van der Waals surface area contributed by atoms with Crippen molar-refractivity contribution in [2.45, 2.75) is 6.18 Å². The van der Waals surface area contributed by atoms with Gasteiger partial charge in [-0.2, -0.15) is 23.7 Å². The lowest BCUT2D eigenvalue weighted by Gasteiger charge is -2.19. The first kappa shape index (κ1) is 38.3. The van der Waals surface area contributed by atoms with Gasteiger partial charge in [0.1, 0.15) is 0 Å². The molecule has 0 aliphatic carbocycles. The summed E-state index contributed by atoms with van der Waals surface area (Å²) in [5.41, 5.74) is 10.2. The fourth-order valence-electron chi connectivity index (χ4n) is 9.31. The first-order valence-electron chi connectivity index (χ1n) is 20.8. The summed E-state index contributed by atoms with van der Waals surface area (Å²) in [6.45, 7) is 0. The van der Waals surface area contributed by atoms with Gasteiger partial charge in [0.2, 0.25) is 0 Å². The zero-order valence-corrected chi connectivity index (χ0v) is 34.0. The van der Waals surface area contributed by atoms with Gasteiger partial charge < -0.3 is 9.13 Å². The van der Waals surface area contributed by atoms with E-state index in [-0.39, 0.29) is 11.1 Å². The van der Waals surface area contributed by atoms with E-state index in [1.54, 1.807) is 18.2 Å². The number of halogens is 3. The van der Waals surface area contributed by atoms with Gasteiger partial charge in [-0.25, -0.2) is 0 Å². The van der Waals surface area contributed by atoms with Crippen LogP contribution < -0.4 is 0 Å². The van der Waals surface area contributed by atoms with Crippen molar-refractivity contribution >= 4 is 43.6 Å². The zero-order valence-electron chi connectivity index (χ0n) is 34.0. The molecule has 0 saturated heterocycles. The standard InChI is InChI=1S/C57H33F3N4/c58-57(59,60)51-29-36(34-61)19-25-44(51)41-23-28-56(64-53-18-10-8-16-46(53)49-31-40(22-27-55(49)64)38-13-5-2-6-14-38)50(32-41)47-33-43(24-20-42(47)35-62)63-52-17-9-7-15-45(52)48-30-39(21-26-54(48)63)37-11-3-1-4-12-37/h1-33H. The molecule has 0 saturated carbocycles. The van der Waals surface area contributed by atoms with Crippen LogP contribution in [0.25, 0.3) is 99.5 Å². The van der Waals surface area contributed by atoms with Gasteiger partial charge in [-0.05, 0) is 112 Å². The minimum absolute atomic E-state index is 0.0692. The van der Waals surface area contributed by atoms with E-state index >= 15 is 0 Å². The van der Waals surface area contributed by atoms with Gasteiger partial charge in [0.05, 0.1) is 56.6 Å². The Morgan fingerprint density at radius 3 is 1.52 bits per heavy atom. The quantitative estimate of drug-likeness (QED) is 0.168. The highest BCUT2D eigenvalue weighted by atomic mass is 19.4. The van der Waals surface area contributed by atoms with Crippen LogP contribution in [0.3, 0.4) is 0 Å². The van der Waals surface area contributed by atoms with E-state index in [1.807, 2.05) is 91.0 Å². The number of rotatable bonds is 6. The maximum atomic E-state index is 14.8.